The van der Waals surface area contributed by atoms with E-state index >= 15 is 0 Å². The Morgan fingerprint density at radius 1 is 0.553 bits per heavy atom. The van der Waals surface area contributed by atoms with Crippen LogP contribution in [0.1, 0.15) is 127 Å². The van der Waals surface area contributed by atoms with Crippen molar-refractivity contribution in [3.05, 3.63) is 64.9 Å². The molecule has 3 rings (SSSR count). The van der Waals surface area contributed by atoms with E-state index in [-0.39, 0.29) is 0 Å². The number of rotatable bonds is 18. The molecular weight excluding hydrogens is 517 g/mol. The smallest absolute Gasteiger partial charge is 0.0449 e. The van der Waals surface area contributed by atoms with Crippen LogP contribution in [0.5, 0.6) is 0 Å². The number of allylic oxidation sites excluding steroid dienone is 2. The van der Waals surface area contributed by atoms with Crippen molar-refractivity contribution in [1.82, 2.24) is 0 Å². The van der Waals surface area contributed by atoms with Crippen LogP contribution in [0.2, 0.25) is 0 Å². The molecule has 0 aliphatic heterocycles. The lowest BCUT2D eigenvalue weighted by Crippen LogP contribution is -1.83. The topological polar surface area (TPSA) is 0 Å². The summed E-state index contributed by atoms with van der Waals surface area (Å²) >= 11 is 5.74. The first kappa shape index (κ1) is 32.8. The van der Waals surface area contributed by atoms with Crippen molar-refractivity contribution in [2.24, 2.45) is 0 Å². The van der Waals surface area contributed by atoms with E-state index in [4.69, 9.17) is 0 Å². The van der Waals surface area contributed by atoms with Gasteiger partial charge in [-0.1, -0.05) is 96.6 Å². The molecule has 0 spiro atoms. The molecule has 3 aromatic rings. The maximum absolute atomic E-state index is 4.06. The van der Waals surface area contributed by atoms with Gasteiger partial charge in [0, 0.05) is 29.3 Å². The Balaban J connectivity index is 0.000000484. The Hall–Kier alpha value is -1.42. The van der Waals surface area contributed by atoms with Crippen LogP contribution in [0.25, 0.3) is 25.1 Å². The summed E-state index contributed by atoms with van der Waals surface area (Å²) in [7, 11) is 0. The van der Waals surface area contributed by atoms with Crippen molar-refractivity contribution in [2.75, 3.05) is 0 Å². The normalized spacial score (nSPS) is 10.8. The van der Waals surface area contributed by atoms with Crippen LogP contribution in [0.4, 0.5) is 0 Å². The molecule has 0 saturated heterocycles. The Kier molecular flexibility index (Phi) is 16.9. The van der Waals surface area contributed by atoms with Crippen molar-refractivity contribution < 1.29 is 0 Å². The maximum atomic E-state index is 4.06. The van der Waals surface area contributed by atoms with Crippen LogP contribution in [0.3, 0.4) is 0 Å². The minimum atomic E-state index is 1.15. The summed E-state index contributed by atoms with van der Waals surface area (Å²) in [6.07, 6.45) is 20.5. The highest BCUT2D eigenvalue weighted by Gasteiger charge is 2.10. The van der Waals surface area contributed by atoms with Gasteiger partial charge in [0.1, 0.15) is 0 Å². The molecule has 0 saturated carbocycles. The molecule has 38 heavy (non-hydrogen) atoms. The van der Waals surface area contributed by atoms with Gasteiger partial charge in [0.05, 0.1) is 0 Å². The van der Waals surface area contributed by atoms with Crippen LogP contribution < -0.4 is 0 Å². The predicted octanol–water partition coefficient (Wildman–Crippen LogP) is 13.8. The third-order valence-corrected chi connectivity index (χ3v) is 10.6. The molecule has 0 radical (unpaired) electrons. The predicted molar refractivity (Wildman–Crippen MR) is 180 cm³/mol. The van der Waals surface area contributed by atoms with Crippen molar-refractivity contribution >= 4 is 39.6 Å². The van der Waals surface area contributed by atoms with Crippen molar-refractivity contribution in [2.45, 2.75) is 124 Å². The van der Waals surface area contributed by atoms with E-state index < -0.39 is 0 Å². The summed E-state index contributed by atoms with van der Waals surface area (Å²) in [4.78, 5) is 8.36. The van der Waals surface area contributed by atoms with Gasteiger partial charge < -0.3 is 0 Å². The van der Waals surface area contributed by atoms with Crippen molar-refractivity contribution in [3.63, 3.8) is 0 Å². The lowest BCUT2D eigenvalue weighted by Gasteiger charge is -2.01. The minimum absolute atomic E-state index is 1.15. The van der Waals surface area contributed by atoms with E-state index in [1.807, 2.05) is 34.0 Å². The lowest BCUT2D eigenvalue weighted by atomic mass is 10.1. The van der Waals surface area contributed by atoms with Gasteiger partial charge in [0.2, 0.25) is 0 Å². The minimum Gasteiger partial charge on any atom is -0.139 e. The molecule has 210 valence electrons. The van der Waals surface area contributed by atoms with Crippen molar-refractivity contribution in [3.8, 4) is 19.5 Å². The molecule has 3 heterocycles. The maximum Gasteiger partial charge on any atom is 0.0449 e. The van der Waals surface area contributed by atoms with Gasteiger partial charge in [0.15, 0.2) is 0 Å². The molecule has 0 nitrogen and oxygen atoms in total. The summed E-state index contributed by atoms with van der Waals surface area (Å²) in [5.74, 6) is 0. The standard InChI is InChI=1S/C26H34S3.C9H18/c1-4-5-6-7-8-9-10-11-12-13-21-14-15-23(27-21)24-18-19-26(29-24)25-17-16-22(28-25)20(2)3;1-4-5-6-7-8-9(2)3/h14-19H,2,4-13H2,1,3H3;2,4-8H2,1,3H3. The average Bonchev–Trinajstić information content (AvgIpc) is 3.66. The molecule has 0 amide bonds. The number of unbranched alkanes of at least 4 members (excludes halogenated alkanes) is 11. The highest BCUT2D eigenvalue weighted by molar-refractivity contribution is 7.26. The largest absolute Gasteiger partial charge is 0.139 e. The summed E-state index contributed by atoms with van der Waals surface area (Å²) in [6, 6.07) is 13.6. The number of aryl methyl sites for hydroxylation is 1. The zero-order valence-electron chi connectivity index (χ0n) is 24.7. The Bertz CT molecular complexity index is 1040. The molecule has 3 heteroatoms. The van der Waals surface area contributed by atoms with Crippen LogP contribution in [0.15, 0.2) is 55.1 Å². The molecule has 0 aromatic carbocycles. The van der Waals surface area contributed by atoms with E-state index in [0.717, 1.165) is 5.57 Å². The fourth-order valence-corrected chi connectivity index (χ4v) is 7.58. The third-order valence-electron chi connectivity index (χ3n) is 6.76. The lowest BCUT2D eigenvalue weighted by molar-refractivity contribution is 0.565. The van der Waals surface area contributed by atoms with Gasteiger partial charge in [-0.05, 0) is 81.5 Å². The van der Waals surface area contributed by atoms with E-state index in [2.05, 4.69) is 77.3 Å². The second-order valence-corrected chi connectivity index (χ2v) is 14.1. The van der Waals surface area contributed by atoms with Gasteiger partial charge >= 0.3 is 0 Å². The highest BCUT2D eigenvalue weighted by Crippen LogP contribution is 2.40. The second-order valence-electron chi connectivity index (χ2n) is 10.7. The van der Waals surface area contributed by atoms with Crippen molar-refractivity contribution in [1.29, 1.82) is 0 Å². The summed E-state index contributed by atoms with van der Waals surface area (Å²) in [6.45, 7) is 16.6. The molecule has 0 bridgehead atoms. The molecule has 0 aliphatic carbocycles. The average molecular weight is 569 g/mol. The molecule has 0 fully saturated rings. The van der Waals surface area contributed by atoms with Gasteiger partial charge in [-0.25, -0.2) is 0 Å². The fourth-order valence-electron chi connectivity index (χ4n) is 4.41. The third kappa shape index (κ3) is 13.1. The first-order chi connectivity index (χ1) is 18.4. The molecule has 3 aromatic heterocycles. The van der Waals surface area contributed by atoms with Gasteiger partial charge in [-0.3, -0.25) is 0 Å². The monoisotopic (exact) mass is 568 g/mol. The number of thiophene rings is 3. The Morgan fingerprint density at radius 3 is 1.58 bits per heavy atom. The zero-order valence-corrected chi connectivity index (χ0v) is 27.2. The molecular formula is C35H52S3. The van der Waals surface area contributed by atoms with Gasteiger partial charge in [-0.2, -0.15) is 0 Å². The number of hydrogen-bond acceptors (Lipinski definition) is 3. The zero-order chi connectivity index (χ0) is 27.6. The Morgan fingerprint density at radius 2 is 1.03 bits per heavy atom. The van der Waals surface area contributed by atoms with Crippen LogP contribution in [-0.2, 0) is 6.42 Å². The van der Waals surface area contributed by atoms with Gasteiger partial charge in [0.25, 0.3) is 0 Å². The summed E-state index contributed by atoms with van der Waals surface area (Å²) in [5.41, 5.74) is 2.48. The molecule has 0 aliphatic rings. The van der Waals surface area contributed by atoms with Crippen LogP contribution >= 0.6 is 34.0 Å². The molecule has 0 unspecified atom stereocenters. The van der Waals surface area contributed by atoms with E-state index in [0.29, 0.717) is 0 Å². The highest BCUT2D eigenvalue weighted by atomic mass is 32.1. The quantitative estimate of drug-likeness (QED) is 0.106. The van der Waals surface area contributed by atoms with E-state index in [1.165, 1.54) is 126 Å². The first-order valence-electron chi connectivity index (χ1n) is 15.0. The molecule has 0 N–H and O–H groups in total. The number of hydrogen-bond donors (Lipinski definition) is 0. The summed E-state index contributed by atoms with van der Waals surface area (Å²) < 4.78 is 0. The SMILES string of the molecule is C=C(C)CCCCCC.C=C(C)c1ccc(-c2ccc(-c3ccc(CCCCCCCCCCC)s3)s2)s1. The Labute approximate surface area is 246 Å². The summed E-state index contributed by atoms with van der Waals surface area (Å²) in [5, 5.41) is 0. The van der Waals surface area contributed by atoms with E-state index in [1.54, 1.807) is 4.88 Å². The molecule has 0 atom stereocenters. The van der Waals surface area contributed by atoms with E-state index in [9.17, 15) is 0 Å². The van der Waals surface area contributed by atoms with Crippen LogP contribution in [-0.4, -0.2) is 0 Å². The first-order valence-corrected chi connectivity index (χ1v) is 17.5. The second kappa shape index (κ2) is 19.6. The fraction of sp³-hybridized carbons (Fsp3) is 0.543. The van der Waals surface area contributed by atoms with Gasteiger partial charge in [-0.15, -0.1) is 40.6 Å². The van der Waals surface area contributed by atoms with Crippen LogP contribution in [0, 0.1) is 0 Å².